The van der Waals surface area contributed by atoms with Gasteiger partial charge in [0, 0.05) is 17.6 Å². The molecule has 2 aliphatic rings. The molecule has 0 atom stereocenters. The number of imide groups is 1. The van der Waals surface area contributed by atoms with Crippen molar-refractivity contribution in [3.63, 3.8) is 0 Å². The Labute approximate surface area is 178 Å². The first-order valence-corrected chi connectivity index (χ1v) is 9.94. The topological polar surface area (TPSA) is 109 Å². The number of aromatic nitrogens is 1. The van der Waals surface area contributed by atoms with Crippen LogP contribution in [0.2, 0.25) is 0 Å². The average Bonchev–Trinajstić information content (AvgIpc) is 3.44. The fraction of sp³-hybridized carbons (Fsp3) is 0.263. The molecule has 1 saturated carbocycles. The summed E-state index contributed by atoms with van der Waals surface area (Å²) in [6.45, 7) is 0.0963. The standard InChI is InChI=1S/C19H16F3N5O3S/c20-19(21,22)31-13-3-1-12(2-4-13)27-15(28)18(6-7-18)26(17(27)30)10-11-5-8-24-14(9-11)25-16(23)29/h1-5,8-9H,6-7,10H2,(H3,23,24,25,29). The highest BCUT2D eigenvalue weighted by Gasteiger charge is 2.65. The normalized spacial score (nSPS) is 17.4. The van der Waals surface area contributed by atoms with Gasteiger partial charge in [-0.3, -0.25) is 10.1 Å². The smallest absolute Gasteiger partial charge is 0.351 e. The minimum absolute atomic E-state index is 0.0420. The molecule has 0 radical (unpaired) electrons. The molecule has 1 aromatic carbocycles. The Hall–Kier alpha value is -3.28. The summed E-state index contributed by atoms with van der Waals surface area (Å²) in [6.07, 6.45) is 2.43. The number of carbonyl (C=O) groups is 3. The van der Waals surface area contributed by atoms with Gasteiger partial charge in [-0.25, -0.2) is 19.5 Å². The van der Waals surface area contributed by atoms with Crippen LogP contribution in [0.3, 0.4) is 0 Å². The summed E-state index contributed by atoms with van der Waals surface area (Å²) in [5.74, 6) is -0.194. The molecule has 1 aliphatic carbocycles. The quantitative estimate of drug-likeness (QED) is 0.533. The van der Waals surface area contributed by atoms with E-state index in [9.17, 15) is 27.6 Å². The largest absolute Gasteiger partial charge is 0.446 e. The second-order valence-electron chi connectivity index (χ2n) is 7.12. The highest BCUT2D eigenvalue weighted by molar-refractivity contribution is 8.00. The van der Waals surface area contributed by atoms with Crippen LogP contribution in [0.1, 0.15) is 18.4 Å². The zero-order chi connectivity index (χ0) is 22.4. The van der Waals surface area contributed by atoms with Gasteiger partial charge in [0.15, 0.2) is 0 Å². The first-order chi connectivity index (χ1) is 14.6. The number of alkyl halides is 3. The Bertz CT molecular complexity index is 1060. The number of carbonyl (C=O) groups excluding carboxylic acids is 3. The summed E-state index contributed by atoms with van der Waals surface area (Å²) in [5, 5.41) is 2.35. The molecule has 8 nitrogen and oxygen atoms in total. The molecule has 0 bridgehead atoms. The molecule has 3 N–H and O–H groups in total. The summed E-state index contributed by atoms with van der Waals surface area (Å²) in [7, 11) is 0. The van der Waals surface area contributed by atoms with Gasteiger partial charge in [-0.15, -0.1) is 0 Å². The summed E-state index contributed by atoms with van der Waals surface area (Å²) in [5.41, 5.74) is 0.538. The third-order valence-corrected chi connectivity index (χ3v) is 5.75. The Morgan fingerprint density at radius 2 is 1.87 bits per heavy atom. The van der Waals surface area contributed by atoms with Gasteiger partial charge in [0.2, 0.25) is 0 Å². The van der Waals surface area contributed by atoms with E-state index in [2.05, 4.69) is 10.3 Å². The molecular weight excluding hydrogens is 435 g/mol. The first-order valence-electron chi connectivity index (χ1n) is 9.12. The van der Waals surface area contributed by atoms with E-state index in [-0.39, 0.29) is 34.7 Å². The number of thioether (sulfide) groups is 1. The highest BCUT2D eigenvalue weighted by atomic mass is 32.2. The number of primary amides is 1. The lowest BCUT2D eigenvalue weighted by atomic mass is 10.2. The van der Waals surface area contributed by atoms with Crippen molar-refractivity contribution in [3.8, 4) is 0 Å². The fourth-order valence-electron chi connectivity index (χ4n) is 3.51. The van der Waals surface area contributed by atoms with Gasteiger partial charge in [-0.2, -0.15) is 13.2 Å². The number of nitrogens with zero attached hydrogens (tertiary/aromatic N) is 3. The number of halogens is 3. The summed E-state index contributed by atoms with van der Waals surface area (Å²) in [6, 6.07) is 6.95. The molecule has 4 rings (SSSR count). The summed E-state index contributed by atoms with van der Waals surface area (Å²) < 4.78 is 37.6. The predicted octanol–water partition coefficient (Wildman–Crippen LogP) is 3.69. The van der Waals surface area contributed by atoms with E-state index < -0.39 is 29.0 Å². The summed E-state index contributed by atoms with van der Waals surface area (Å²) >= 11 is -0.270. The molecule has 1 saturated heterocycles. The van der Waals surface area contributed by atoms with Gasteiger partial charge in [-0.1, -0.05) is 0 Å². The Balaban J connectivity index is 1.56. The van der Waals surface area contributed by atoms with E-state index in [1.165, 1.54) is 35.4 Å². The van der Waals surface area contributed by atoms with E-state index in [4.69, 9.17) is 5.73 Å². The van der Waals surface area contributed by atoms with Crippen molar-refractivity contribution < 1.29 is 27.6 Å². The van der Waals surface area contributed by atoms with Crippen LogP contribution < -0.4 is 16.0 Å². The maximum atomic E-state index is 13.1. The molecule has 1 aromatic heterocycles. The second kappa shape index (κ2) is 7.45. The lowest BCUT2D eigenvalue weighted by Crippen LogP contribution is -2.36. The van der Waals surface area contributed by atoms with Crippen molar-refractivity contribution >= 4 is 41.2 Å². The number of amides is 5. The van der Waals surface area contributed by atoms with Crippen molar-refractivity contribution in [3.05, 3.63) is 48.2 Å². The molecule has 2 fully saturated rings. The minimum Gasteiger partial charge on any atom is -0.351 e. The number of nitrogens with two attached hydrogens (primary N) is 1. The molecule has 31 heavy (non-hydrogen) atoms. The Kier molecular flexibility index (Phi) is 5.04. The number of benzene rings is 1. The zero-order valence-corrected chi connectivity index (χ0v) is 16.7. The highest BCUT2D eigenvalue weighted by Crippen LogP contribution is 2.50. The molecule has 162 valence electrons. The van der Waals surface area contributed by atoms with E-state index in [0.29, 0.717) is 18.4 Å². The molecule has 1 aliphatic heterocycles. The minimum atomic E-state index is -4.43. The van der Waals surface area contributed by atoms with Crippen molar-refractivity contribution in [1.82, 2.24) is 9.88 Å². The zero-order valence-electron chi connectivity index (χ0n) is 15.8. The Morgan fingerprint density at radius 1 is 1.19 bits per heavy atom. The maximum Gasteiger partial charge on any atom is 0.446 e. The van der Waals surface area contributed by atoms with Crippen LogP contribution in [0.5, 0.6) is 0 Å². The molecule has 0 unspecified atom stereocenters. The lowest BCUT2D eigenvalue weighted by molar-refractivity contribution is -0.120. The van der Waals surface area contributed by atoms with E-state index >= 15 is 0 Å². The molecular formula is C19H16F3N5O3S. The number of urea groups is 2. The van der Waals surface area contributed by atoms with Crippen LogP contribution >= 0.6 is 11.8 Å². The van der Waals surface area contributed by atoms with Crippen molar-refractivity contribution in [2.45, 2.75) is 35.3 Å². The van der Waals surface area contributed by atoms with Crippen molar-refractivity contribution in [2.24, 2.45) is 5.73 Å². The Morgan fingerprint density at radius 3 is 2.45 bits per heavy atom. The van der Waals surface area contributed by atoms with E-state index in [1.807, 2.05) is 0 Å². The van der Waals surface area contributed by atoms with Gasteiger partial charge in [-0.05, 0) is 66.6 Å². The lowest BCUT2D eigenvalue weighted by Gasteiger charge is -2.21. The molecule has 2 aromatic rings. The van der Waals surface area contributed by atoms with Gasteiger partial charge in [0.25, 0.3) is 5.91 Å². The van der Waals surface area contributed by atoms with Gasteiger partial charge < -0.3 is 10.6 Å². The number of anilines is 2. The second-order valence-corrected chi connectivity index (χ2v) is 8.26. The van der Waals surface area contributed by atoms with Gasteiger partial charge in [0.05, 0.1) is 5.69 Å². The van der Waals surface area contributed by atoms with Crippen molar-refractivity contribution in [1.29, 1.82) is 0 Å². The number of hydrogen-bond donors (Lipinski definition) is 2. The van der Waals surface area contributed by atoms with E-state index in [1.54, 1.807) is 12.1 Å². The van der Waals surface area contributed by atoms with Gasteiger partial charge in [0.1, 0.15) is 11.4 Å². The fourth-order valence-corrected chi connectivity index (χ4v) is 4.05. The molecule has 1 spiro atoms. The number of hydrogen-bond acceptors (Lipinski definition) is 5. The maximum absolute atomic E-state index is 13.1. The number of pyridine rings is 1. The monoisotopic (exact) mass is 451 g/mol. The van der Waals surface area contributed by atoms with Crippen molar-refractivity contribution in [2.75, 3.05) is 10.2 Å². The summed E-state index contributed by atoms with van der Waals surface area (Å²) in [4.78, 5) is 43.5. The predicted molar refractivity (Wildman–Crippen MR) is 106 cm³/mol. The number of rotatable bonds is 5. The first kappa shape index (κ1) is 21.0. The third-order valence-electron chi connectivity index (χ3n) is 5.01. The average molecular weight is 451 g/mol. The molecule has 12 heteroatoms. The van der Waals surface area contributed by atoms with Crippen LogP contribution in [0.4, 0.5) is 34.3 Å². The van der Waals surface area contributed by atoms with Crippen LogP contribution in [0, 0.1) is 0 Å². The van der Waals surface area contributed by atoms with Crippen LogP contribution in [0.15, 0.2) is 47.5 Å². The van der Waals surface area contributed by atoms with Crippen LogP contribution in [-0.4, -0.2) is 38.9 Å². The van der Waals surface area contributed by atoms with E-state index in [0.717, 1.165) is 4.90 Å². The third kappa shape index (κ3) is 4.15. The SMILES string of the molecule is NC(=O)Nc1cc(CN2C(=O)N(c3ccc(SC(F)(F)F)cc3)C(=O)C23CC3)ccn1. The van der Waals surface area contributed by atoms with Crippen LogP contribution in [-0.2, 0) is 11.3 Å². The molecule has 2 heterocycles. The van der Waals surface area contributed by atoms with Gasteiger partial charge >= 0.3 is 17.6 Å². The van der Waals surface area contributed by atoms with Crippen LogP contribution in [0.25, 0.3) is 0 Å². The number of nitrogens with one attached hydrogen (secondary N) is 1. The molecule has 5 amide bonds.